The van der Waals surface area contributed by atoms with Crippen molar-refractivity contribution >= 4 is 17.2 Å². The van der Waals surface area contributed by atoms with Crippen LogP contribution in [0.5, 0.6) is 0 Å². The molecule has 4 heterocycles. The number of likely N-dealkylation sites (N-methyl/N-ethyl adjacent to an activating group) is 1. The van der Waals surface area contributed by atoms with E-state index < -0.39 is 0 Å². The Morgan fingerprint density at radius 3 is 3.05 bits per heavy atom. The van der Waals surface area contributed by atoms with Gasteiger partial charge in [-0.3, -0.25) is 0 Å². The summed E-state index contributed by atoms with van der Waals surface area (Å²) in [5.41, 5.74) is 4.34. The van der Waals surface area contributed by atoms with Gasteiger partial charge in [-0.2, -0.15) is 5.10 Å². The van der Waals surface area contributed by atoms with Crippen LogP contribution in [0.1, 0.15) is 11.3 Å². The molecule has 3 aromatic rings. The van der Waals surface area contributed by atoms with Gasteiger partial charge in [0.15, 0.2) is 0 Å². The molecule has 0 saturated heterocycles. The Morgan fingerprint density at radius 2 is 2.24 bits per heavy atom. The Morgan fingerprint density at radius 1 is 1.33 bits per heavy atom. The van der Waals surface area contributed by atoms with Crippen LogP contribution in [0, 0.1) is 6.92 Å². The lowest BCUT2D eigenvalue weighted by molar-refractivity contribution is 0.864. The zero-order chi connectivity index (χ0) is 14.4. The van der Waals surface area contributed by atoms with E-state index in [1.54, 1.807) is 11.3 Å². The van der Waals surface area contributed by atoms with Gasteiger partial charge in [-0.15, -0.1) is 11.3 Å². The Balaban J connectivity index is 1.83. The number of pyridine rings is 1. The first kappa shape index (κ1) is 12.5. The van der Waals surface area contributed by atoms with Crippen molar-refractivity contribution in [3.63, 3.8) is 0 Å². The number of aryl methyl sites for hydroxylation is 1. The molecule has 0 atom stereocenters. The quantitative estimate of drug-likeness (QED) is 0.729. The number of anilines is 1. The highest BCUT2D eigenvalue weighted by Gasteiger charge is 2.22. The number of fused-ring (bicyclic) bond motifs is 1. The van der Waals surface area contributed by atoms with E-state index in [1.807, 2.05) is 35.4 Å². The van der Waals surface area contributed by atoms with E-state index in [-0.39, 0.29) is 0 Å². The standard InChI is InChI=1S/C15H15N5S/c1-10-9-13(11-3-6-19(2)14(11)17-10)20-7-4-12(18-20)15-16-5-8-21-15/h4-5,7-9H,3,6H2,1-2H3. The van der Waals surface area contributed by atoms with Gasteiger partial charge in [0, 0.05) is 42.6 Å². The zero-order valence-electron chi connectivity index (χ0n) is 11.9. The summed E-state index contributed by atoms with van der Waals surface area (Å²) in [6, 6.07) is 4.12. The van der Waals surface area contributed by atoms with Crippen molar-refractivity contribution in [2.45, 2.75) is 13.3 Å². The molecule has 0 aliphatic carbocycles. The van der Waals surface area contributed by atoms with Crippen molar-refractivity contribution in [1.82, 2.24) is 19.7 Å². The Labute approximate surface area is 126 Å². The summed E-state index contributed by atoms with van der Waals surface area (Å²) in [7, 11) is 2.09. The molecule has 0 saturated carbocycles. The van der Waals surface area contributed by atoms with Gasteiger partial charge in [-0.05, 0) is 25.5 Å². The molecule has 0 N–H and O–H groups in total. The fourth-order valence-electron chi connectivity index (χ4n) is 2.73. The molecular weight excluding hydrogens is 282 g/mol. The molecule has 1 aliphatic heterocycles. The van der Waals surface area contributed by atoms with Crippen LogP contribution < -0.4 is 4.90 Å². The fraction of sp³-hybridized carbons (Fsp3) is 0.267. The zero-order valence-corrected chi connectivity index (χ0v) is 12.8. The van der Waals surface area contributed by atoms with Crippen LogP contribution >= 0.6 is 11.3 Å². The van der Waals surface area contributed by atoms with Gasteiger partial charge in [0.25, 0.3) is 0 Å². The van der Waals surface area contributed by atoms with Gasteiger partial charge in [0.05, 0.1) is 5.69 Å². The fourth-order valence-corrected chi connectivity index (χ4v) is 3.34. The van der Waals surface area contributed by atoms with Crippen molar-refractivity contribution < 1.29 is 0 Å². The average molecular weight is 297 g/mol. The average Bonchev–Trinajstić information content (AvgIpc) is 3.18. The predicted octanol–water partition coefficient (Wildman–Crippen LogP) is 2.69. The SMILES string of the molecule is Cc1cc(-n2ccc(-c3nccs3)n2)c2c(n1)N(C)CC2. The van der Waals surface area contributed by atoms with Crippen molar-refractivity contribution in [1.29, 1.82) is 0 Å². The summed E-state index contributed by atoms with van der Waals surface area (Å²) in [4.78, 5) is 11.2. The Hall–Kier alpha value is -2.21. The number of thiazole rings is 1. The van der Waals surface area contributed by atoms with Gasteiger partial charge in [0.2, 0.25) is 0 Å². The summed E-state index contributed by atoms with van der Waals surface area (Å²) in [5.74, 6) is 1.08. The molecule has 5 nitrogen and oxygen atoms in total. The second kappa shape index (κ2) is 4.66. The molecule has 0 fully saturated rings. The van der Waals surface area contributed by atoms with Gasteiger partial charge >= 0.3 is 0 Å². The van der Waals surface area contributed by atoms with E-state index in [2.05, 4.69) is 33.1 Å². The number of aromatic nitrogens is 4. The summed E-state index contributed by atoms with van der Waals surface area (Å²) >= 11 is 1.61. The van der Waals surface area contributed by atoms with Crippen molar-refractivity contribution in [3.05, 3.63) is 41.2 Å². The van der Waals surface area contributed by atoms with Crippen LogP contribution in [-0.4, -0.2) is 33.3 Å². The number of hydrogen-bond donors (Lipinski definition) is 0. The maximum atomic E-state index is 4.68. The minimum atomic E-state index is 0.916. The summed E-state index contributed by atoms with van der Waals surface area (Å²) in [6.45, 7) is 3.04. The van der Waals surface area contributed by atoms with Gasteiger partial charge < -0.3 is 4.90 Å². The molecule has 0 amide bonds. The molecular formula is C15H15N5S. The normalized spacial score (nSPS) is 13.7. The Bertz CT molecular complexity index is 791. The number of rotatable bonds is 2. The molecule has 4 rings (SSSR count). The number of hydrogen-bond acceptors (Lipinski definition) is 5. The molecule has 21 heavy (non-hydrogen) atoms. The summed E-state index contributed by atoms with van der Waals surface area (Å²) in [6.07, 6.45) is 4.83. The third kappa shape index (κ3) is 2.03. The maximum Gasteiger partial charge on any atom is 0.143 e. The predicted molar refractivity (Wildman–Crippen MR) is 84.2 cm³/mol. The van der Waals surface area contributed by atoms with Crippen LogP contribution in [-0.2, 0) is 6.42 Å². The van der Waals surface area contributed by atoms with Crippen LogP contribution in [0.2, 0.25) is 0 Å². The first-order valence-corrected chi connectivity index (χ1v) is 7.78. The lowest BCUT2D eigenvalue weighted by Gasteiger charge is -2.13. The van der Waals surface area contributed by atoms with Crippen LogP contribution in [0.3, 0.4) is 0 Å². The van der Waals surface area contributed by atoms with E-state index >= 15 is 0 Å². The van der Waals surface area contributed by atoms with E-state index in [1.165, 1.54) is 5.56 Å². The lowest BCUT2D eigenvalue weighted by atomic mass is 10.1. The topological polar surface area (TPSA) is 46.8 Å². The van der Waals surface area contributed by atoms with Gasteiger partial charge in [-0.1, -0.05) is 0 Å². The highest BCUT2D eigenvalue weighted by molar-refractivity contribution is 7.13. The summed E-state index contributed by atoms with van der Waals surface area (Å²) in [5, 5.41) is 7.61. The first-order valence-electron chi connectivity index (χ1n) is 6.90. The molecule has 1 aliphatic rings. The van der Waals surface area contributed by atoms with E-state index in [0.29, 0.717) is 0 Å². The number of nitrogens with zero attached hydrogens (tertiary/aromatic N) is 5. The maximum absolute atomic E-state index is 4.68. The second-order valence-electron chi connectivity index (χ2n) is 5.24. The second-order valence-corrected chi connectivity index (χ2v) is 6.13. The lowest BCUT2D eigenvalue weighted by Crippen LogP contribution is -2.14. The highest BCUT2D eigenvalue weighted by Crippen LogP contribution is 2.31. The first-order chi connectivity index (χ1) is 10.2. The molecule has 6 heteroatoms. The molecule has 0 aromatic carbocycles. The smallest absolute Gasteiger partial charge is 0.143 e. The minimum absolute atomic E-state index is 0.916. The monoisotopic (exact) mass is 297 g/mol. The van der Waals surface area contributed by atoms with Crippen LogP contribution in [0.4, 0.5) is 5.82 Å². The Kier molecular flexibility index (Phi) is 2.78. The molecule has 106 valence electrons. The van der Waals surface area contributed by atoms with E-state index in [0.717, 1.165) is 40.9 Å². The van der Waals surface area contributed by atoms with Crippen molar-refractivity contribution in [2.75, 3.05) is 18.5 Å². The van der Waals surface area contributed by atoms with Crippen molar-refractivity contribution in [2.24, 2.45) is 0 Å². The molecule has 3 aromatic heterocycles. The van der Waals surface area contributed by atoms with E-state index in [9.17, 15) is 0 Å². The molecule has 0 bridgehead atoms. The van der Waals surface area contributed by atoms with Gasteiger partial charge in [-0.25, -0.2) is 14.6 Å². The third-order valence-corrected chi connectivity index (χ3v) is 4.55. The van der Waals surface area contributed by atoms with E-state index in [4.69, 9.17) is 0 Å². The molecule has 0 spiro atoms. The highest BCUT2D eigenvalue weighted by atomic mass is 32.1. The van der Waals surface area contributed by atoms with Crippen LogP contribution in [0.25, 0.3) is 16.4 Å². The third-order valence-electron chi connectivity index (χ3n) is 3.75. The van der Waals surface area contributed by atoms with Crippen LogP contribution in [0.15, 0.2) is 29.9 Å². The largest absolute Gasteiger partial charge is 0.359 e. The summed E-state index contributed by atoms with van der Waals surface area (Å²) < 4.78 is 1.95. The van der Waals surface area contributed by atoms with Gasteiger partial charge in [0.1, 0.15) is 16.5 Å². The van der Waals surface area contributed by atoms with Crippen molar-refractivity contribution in [3.8, 4) is 16.4 Å². The molecule has 0 radical (unpaired) electrons. The minimum Gasteiger partial charge on any atom is -0.359 e. The molecule has 0 unspecified atom stereocenters.